The molecule has 0 saturated carbocycles. The van der Waals surface area contributed by atoms with Gasteiger partial charge in [0.1, 0.15) is 5.52 Å². The summed E-state index contributed by atoms with van der Waals surface area (Å²) < 4.78 is 0. The fraction of sp³-hybridized carbons (Fsp3) is 0.600. The van der Waals surface area contributed by atoms with Crippen molar-refractivity contribution in [3.63, 3.8) is 0 Å². The first-order chi connectivity index (χ1) is 11.1. The zero-order valence-corrected chi connectivity index (χ0v) is 14.7. The fourth-order valence-electron chi connectivity index (χ4n) is 2.23. The average molecular weight is 336 g/mol. The van der Waals surface area contributed by atoms with E-state index >= 15 is 0 Å². The Kier molecular flexibility index (Phi) is 6.66. The quantitative estimate of drug-likeness (QED) is 0.685. The van der Waals surface area contributed by atoms with E-state index in [9.17, 15) is 4.79 Å². The minimum absolute atomic E-state index is 0.136. The number of nitrogens with zero attached hydrogens (tertiary/aromatic N) is 4. The van der Waals surface area contributed by atoms with Crippen LogP contribution >= 0.6 is 11.3 Å². The zero-order valence-electron chi connectivity index (χ0n) is 13.9. The van der Waals surface area contributed by atoms with Crippen LogP contribution in [0.5, 0.6) is 0 Å². The molecule has 2 heterocycles. The Labute approximate surface area is 140 Å². The van der Waals surface area contributed by atoms with Crippen molar-refractivity contribution in [1.29, 1.82) is 0 Å². The number of amides is 1. The number of aromatic nitrogens is 3. The van der Waals surface area contributed by atoms with Gasteiger partial charge in [0, 0.05) is 13.5 Å². The highest BCUT2D eigenvalue weighted by molar-refractivity contribution is 7.21. The first-order valence-electron chi connectivity index (χ1n) is 7.99. The van der Waals surface area contributed by atoms with Gasteiger partial charge in [-0.2, -0.15) is 0 Å². The molecule has 23 heavy (non-hydrogen) atoms. The second-order valence-corrected chi connectivity index (χ2v) is 6.22. The van der Waals surface area contributed by atoms with E-state index in [1.807, 2.05) is 0 Å². The molecule has 0 aliphatic carbocycles. The summed E-state index contributed by atoms with van der Waals surface area (Å²) in [5, 5.41) is 6.47. The summed E-state index contributed by atoms with van der Waals surface area (Å²) in [6, 6.07) is 0. The molecule has 8 heteroatoms. The van der Waals surface area contributed by atoms with Crippen LogP contribution in [0.25, 0.3) is 10.3 Å². The van der Waals surface area contributed by atoms with Crippen LogP contribution in [0.2, 0.25) is 0 Å². The number of hydrogen-bond acceptors (Lipinski definition) is 7. The maximum atomic E-state index is 11.1. The van der Waals surface area contributed by atoms with E-state index in [2.05, 4.69) is 44.3 Å². The lowest BCUT2D eigenvalue weighted by atomic mass is 10.3. The summed E-state index contributed by atoms with van der Waals surface area (Å²) in [5.74, 6) is 0.474. The average Bonchev–Trinajstić information content (AvgIpc) is 2.91. The molecule has 0 aliphatic heterocycles. The lowest BCUT2D eigenvalue weighted by Crippen LogP contribution is -2.24. The van der Waals surface area contributed by atoms with Gasteiger partial charge in [0.05, 0.1) is 6.20 Å². The lowest BCUT2D eigenvalue weighted by molar-refractivity contribution is -0.114. The molecule has 0 aliphatic rings. The molecule has 2 N–H and O–H groups in total. The summed E-state index contributed by atoms with van der Waals surface area (Å²) in [4.78, 5) is 27.2. The molecule has 1 amide bonds. The number of fused-ring (bicyclic) bond motifs is 1. The number of thiazole rings is 1. The van der Waals surface area contributed by atoms with Crippen LogP contribution in [0.4, 0.5) is 11.1 Å². The van der Waals surface area contributed by atoms with Gasteiger partial charge in [-0.1, -0.05) is 25.2 Å². The lowest BCUT2D eigenvalue weighted by Gasteiger charge is -2.17. The minimum atomic E-state index is -0.136. The first-order valence-corrected chi connectivity index (χ1v) is 8.81. The first kappa shape index (κ1) is 17.6. The van der Waals surface area contributed by atoms with Crippen LogP contribution in [-0.2, 0) is 4.79 Å². The van der Waals surface area contributed by atoms with Crippen LogP contribution in [0.15, 0.2) is 6.20 Å². The SMILES string of the molecule is CCN(CC)CCCCNc1ncc2nc(NC(C)=O)sc2n1. The Morgan fingerprint density at radius 2 is 2.04 bits per heavy atom. The Bertz CT molecular complexity index is 640. The Balaban J connectivity index is 1.82. The largest absolute Gasteiger partial charge is 0.354 e. The molecule has 0 saturated heterocycles. The van der Waals surface area contributed by atoms with Crippen molar-refractivity contribution < 1.29 is 4.79 Å². The second kappa shape index (κ2) is 8.73. The van der Waals surface area contributed by atoms with Crippen LogP contribution < -0.4 is 10.6 Å². The smallest absolute Gasteiger partial charge is 0.224 e. The van der Waals surface area contributed by atoms with E-state index in [0.29, 0.717) is 16.6 Å². The van der Waals surface area contributed by atoms with Crippen molar-refractivity contribution in [3.8, 4) is 0 Å². The molecule has 2 rings (SSSR count). The predicted molar refractivity (Wildman–Crippen MR) is 95.0 cm³/mol. The summed E-state index contributed by atoms with van der Waals surface area (Å²) >= 11 is 1.35. The maximum Gasteiger partial charge on any atom is 0.224 e. The number of nitrogens with one attached hydrogen (secondary N) is 2. The third kappa shape index (κ3) is 5.40. The number of unbranched alkanes of at least 4 members (excludes halogenated alkanes) is 1. The van der Waals surface area contributed by atoms with E-state index in [4.69, 9.17) is 0 Å². The number of anilines is 2. The predicted octanol–water partition coefficient (Wildman–Crippen LogP) is 2.58. The highest BCUT2D eigenvalue weighted by atomic mass is 32.1. The monoisotopic (exact) mass is 336 g/mol. The molecule has 0 aromatic carbocycles. The van der Waals surface area contributed by atoms with E-state index in [1.54, 1.807) is 6.20 Å². The van der Waals surface area contributed by atoms with Crippen molar-refractivity contribution in [1.82, 2.24) is 19.9 Å². The van der Waals surface area contributed by atoms with Crippen molar-refractivity contribution in [2.45, 2.75) is 33.6 Å². The second-order valence-electron chi connectivity index (χ2n) is 5.24. The minimum Gasteiger partial charge on any atom is -0.354 e. The van der Waals surface area contributed by atoms with Gasteiger partial charge in [-0.05, 0) is 32.5 Å². The third-order valence-corrected chi connectivity index (χ3v) is 4.39. The molecule has 2 aromatic rings. The highest BCUT2D eigenvalue weighted by Crippen LogP contribution is 2.24. The van der Waals surface area contributed by atoms with E-state index in [1.165, 1.54) is 18.3 Å². The van der Waals surface area contributed by atoms with Crippen LogP contribution in [-0.4, -0.2) is 51.9 Å². The fourth-order valence-corrected chi connectivity index (χ4v) is 3.08. The van der Waals surface area contributed by atoms with Crippen molar-refractivity contribution >= 4 is 38.7 Å². The van der Waals surface area contributed by atoms with Crippen molar-refractivity contribution in [2.24, 2.45) is 0 Å². The third-order valence-electron chi connectivity index (χ3n) is 3.51. The molecule has 0 radical (unpaired) electrons. The molecule has 126 valence electrons. The van der Waals surface area contributed by atoms with Gasteiger partial charge in [-0.3, -0.25) is 4.79 Å². The summed E-state index contributed by atoms with van der Waals surface area (Å²) in [7, 11) is 0. The normalized spacial score (nSPS) is 11.1. The standard InChI is InChI=1S/C15H24N6OS/c1-4-21(5-2)9-7-6-8-16-14-17-10-12-13(20-14)23-15(19-12)18-11(3)22/h10H,4-9H2,1-3H3,(H,16,17,20)(H,18,19,22). The van der Waals surface area contributed by atoms with Gasteiger partial charge < -0.3 is 15.5 Å². The molecular formula is C15H24N6OS. The molecule has 0 bridgehead atoms. The number of hydrogen-bond donors (Lipinski definition) is 2. The van der Waals surface area contributed by atoms with E-state index < -0.39 is 0 Å². The Morgan fingerprint density at radius 1 is 1.26 bits per heavy atom. The van der Waals surface area contributed by atoms with Crippen molar-refractivity contribution in [2.75, 3.05) is 36.8 Å². The summed E-state index contributed by atoms with van der Waals surface area (Å²) in [6.45, 7) is 10.0. The molecule has 0 spiro atoms. The van der Waals surface area contributed by atoms with Gasteiger partial charge in [-0.25, -0.2) is 15.0 Å². The van der Waals surface area contributed by atoms with E-state index in [0.717, 1.165) is 43.9 Å². The highest BCUT2D eigenvalue weighted by Gasteiger charge is 2.08. The maximum absolute atomic E-state index is 11.1. The summed E-state index contributed by atoms with van der Waals surface area (Å²) in [6.07, 6.45) is 3.92. The zero-order chi connectivity index (χ0) is 16.7. The van der Waals surface area contributed by atoms with Gasteiger partial charge >= 0.3 is 0 Å². The summed E-state index contributed by atoms with van der Waals surface area (Å²) in [5.41, 5.74) is 0.700. The number of rotatable bonds is 9. The number of carbonyl (C=O) groups excluding carboxylic acids is 1. The number of carbonyl (C=O) groups is 1. The van der Waals surface area contributed by atoms with Crippen LogP contribution in [0, 0.1) is 0 Å². The molecule has 0 fully saturated rings. The molecule has 2 aromatic heterocycles. The molecule has 0 unspecified atom stereocenters. The van der Waals surface area contributed by atoms with Gasteiger partial charge in [0.25, 0.3) is 0 Å². The molecule has 7 nitrogen and oxygen atoms in total. The Hall–Kier alpha value is -1.80. The molecule has 0 atom stereocenters. The van der Waals surface area contributed by atoms with Crippen LogP contribution in [0.1, 0.15) is 33.6 Å². The molecular weight excluding hydrogens is 312 g/mol. The van der Waals surface area contributed by atoms with Crippen LogP contribution in [0.3, 0.4) is 0 Å². The van der Waals surface area contributed by atoms with Gasteiger partial charge in [0.15, 0.2) is 9.96 Å². The topological polar surface area (TPSA) is 83.0 Å². The van der Waals surface area contributed by atoms with Crippen molar-refractivity contribution in [3.05, 3.63) is 6.20 Å². The van der Waals surface area contributed by atoms with Gasteiger partial charge in [0.2, 0.25) is 11.9 Å². The van der Waals surface area contributed by atoms with Gasteiger partial charge in [-0.15, -0.1) is 0 Å². The Morgan fingerprint density at radius 3 is 2.74 bits per heavy atom. The van der Waals surface area contributed by atoms with E-state index in [-0.39, 0.29) is 5.91 Å².